The fraction of sp³-hybridized carbons (Fsp3) is 0.190. The number of carbonyl (C=O) groups excluding carboxylic acids is 1. The van der Waals surface area contributed by atoms with Crippen LogP contribution in [0.25, 0.3) is 0 Å². The molecule has 0 saturated heterocycles. The molecule has 3 aromatic rings. The van der Waals surface area contributed by atoms with Crippen molar-refractivity contribution in [3.63, 3.8) is 0 Å². The second kappa shape index (κ2) is 9.97. The molecule has 0 aliphatic heterocycles. The number of hydrogen-bond donors (Lipinski definition) is 1. The molecule has 1 heterocycles. The molecule has 5 nitrogen and oxygen atoms in total. The molecule has 0 aliphatic carbocycles. The van der Waals surface area contributed by atoms with E-state index < -0.39 is 27.7 Å². The number of amides is 1. The van der Waals surface area contributed by atoms with Crippen molar-refractivity contribution >= 4 is 39.0 Å². The Kier molecular flexibility index (Phi) is 7.52. The summed E-state index contributed by atoms with van der Waals surface area (Å²) >= 11 is 2.17. The van der Waals surface area contributed by atoms with Gasteiger partial charge in [0.2, 0.25) is 0 Å². The smallest absolute Gasteiger partial charge is 0.416 e. The van der Waals surface area contributed by atoms with Gasteiger partial charge in [-0.25, -0.2) is 13.1 Å². The fourth-order valence-corrected chi connectivity index (χ4v) is 5.78. The van der Waals surface area contributed by atoms with Crippen LogP contribution >= 0.6 is 23.1 Å². The number of thiophene rings is 1. The molecule has 170 valence electrons. The SMILES string of the molecule is CCOc1ccc(C(F)(F)F)cc1CSc1ccsc1C(=O)NS(=O)(=O)c1ccccc1. The van der Waals surface area contributed by atoms with Gasteiger partial charge in [0.05, 0.1) is 17.1 Å². The molecule has 0 aliphatic rings. The molecule has 0 saturated carbocycles. The molecule has 0 bridgehead atoms. The highest BCUT2D eigenvalue weighted by Crippen LogP contribution is 2.37. The Bertz CT molecular complexity index is 1190. The van der Waals surface area contributed by atoms with E-state index >= 15 is 0 Å². The summed E-state index contributed by atoms with van der Waals surface area (Å²) in [5, 5.41) is 1.61. The highest BCUT2D eigenvalue weighted by Gasteiger charge is 2.31. The van der Waals surface area contributed by atoms with Crippen molar-refractivity contribution in [2.45, 2.75) is 28.6 Å². The van der Waals surface area contributed by atoms with E-state index in [0.717, 1.165) is 35.2 Å². The third kappa shape index (κ3) is 5.84. The summed E-state index contributed by atoms with van der Waals surface area (Å²) < 4.78 is 71.6. The molecule has 0 spiro atoms. The maximum absolute atomic E-state index is 13.1. The molecule has 1 aromatic heterocycles. The maximum atomic E-state index is 13.1. The van der Waals surface area contributed by atoms with E-state index in [-0.39, 0.29) is 22.1 Å². The van der Waals surface area contributed by atoms with E-state index in [1.165, 1.54) is 30.3 Å². The Morgan fingerprint density at radius 1 is 1.12 bits per heavy atom. The van der Waals surface area contributed by atoms with Crippen LogP contribution in [0.3, 0.4) is 0 Å². The van der Waals surface area contributed by atoms with Crippen molar-refractivity contribution in [2.75, 3.05) is 6.61 Å². The summed E-state index contributed by atoms with van der Waals surface area (Å²) in [6.45, 7) is 2.01. The lowest BCUT2D eigenvalue weighted by atomic mass is 10.1. The second-order valence-corrected chi connectivity index (χ2v) is 10.0. The number of sulfonamides is 1. The van der Waals surface area contributed by atoms with Crippen LogP contribution in [0.2, 0.25) is 0 Å². The van der Waals surface area contributed by atoms with Gasteiger partial charge in [-0.15, -0.1) is 23.1 Å². The summed E-state index contributed by atoms with van der Waals surface area (Å²) in [5.41, 5.74) is -0.477. The Morgan fingerprint density at radius 2 is 1.84 bits per heavy atom. The zero-order valence-corrected chi connectivity index (χ0v) is 19.1. The van der Waals surface area contributed by atoms with Crippen LogP contribution in [-0.4, -0.2) is 20.9 Å². The lowest BCUT2D eigenvalue weighted by molar-refractivity contribution is -0.137. The molecule has 3 rings (SSSR count). The van der Waals surface area contributed by atoms with E-state index in [1.54, 1.807) is 24.4 Å². The second-order valence-electron chi connectivity index (χ2n) is 6.40. The van der Waals surface area contributed by atoms with Crippen LogP contribution in [0.1, 0.15) is 27.7 Å². The molecule has 11 heteroatoms. The molecule has 1 amide bonds. The summed E-state index contributed by atoms with van der Waals surface area (Å²) in [5.74, 6) is -0.386. The lowest BCUT2D eigenvalue weighted by Crippen LogP contribution is -2.30. The normalized spacial score (nSPS) is 11.9. The van der Waals surface area contributed by atoms with E-state index in [2.05, 4.69) is 0 Å². The summed E-state index contributed by atoms with van der Waals surface area (Å²) in [6.07, 6.45) is -4.50. The largest absolute Gasteiger partial charge is 0.494 e. The Morgan fingerprint density at radius 3 is 2.50 bits per heavy atom. The number of nitrogens with one attached hydrogen (secondary N) is 1. The topological polar surface area (TPSA) is 72.5 Å². The first kappa shape index (κ1) is 24.1. The molecular weight excluding hydrogens is 483 g/mol. The highest BCUT2D eigenvalue weighted by atomic mass is 32.2. The third-order valence-corrected chi connectivity index (χ3v) is 7.68. The number of ether oxygens (including phenoxy) is 1. The maximum Gasteiger partial charge on any atom is 0.416 e. The summed E-state index contributed by atoms with van der Waals surface area (Å²) in [6, 6.07) is 12.3. The monoisotopic (exact) mass is 501 g/mol. The number of rotatable bonds is 8. The molecular formula is C21H18F3NO4S3. The minimum absolute atomic E-state index is 0.0515. The number of carbonyl (C=O) groups is 1. The third-order valence-electron chi connectivity index (χ3n) is 4.19. The van der Waals surface area contributed by atoms with Crippen molar-refractivity contribution in [1.29, 1.82) is 0 Å². The molecule has 0 unspecified atom stereocenters. The van der Waals surface area contributed by atoms with Crippen molar-refractivity contribution < 1.29 is 31.1 Å². The average molecular weight is 502 g/mol. The van der Waals surface area contributed by atoms with Gasteiger partial charge in [-0.2, -0.15) is 13.2 Å². The van der Waals surface area contributed by atoms with Gasteiger partial charge in [-0.05, 0) is 48.7 Å². The summed E-state index contributed by atoms with van der Waals surface area (Å²) in [4.78, 5) is 13.2. The van der Waals surface area contributed by atoms with Gasteiger partial charge in [0, 0.05) is 16.2 Å². The van der Waals surface area contributed by atoms with Crippen LogP contribution in [0.5, 0.6) is 5.75 Å². The number of thioether (sulfide) groups is 1. The number of hydrogen-bond acceptors (Lipinski definition) is 6. The Hall–Kier alpha value is -2.50. The van der Waals surface area contributed by atoms with Gasteiger partial charge >= 0.3 is 6.18 Å². The Labute approximate surface area is 191 Å². The van der Waals surface area contributed by atoms with Crippen molar-refractivity contribution in [1.82, 2.24) is 4.72 Å². The lowest BCUT2D eigenvalue weighted by Gasteiger charge is -2.14. The minimum Gasteiger partial charge on any atom is -0.494 e. The Balaban J connectivity index is 1.79. The molecule has 0 atom stereocenters. The number of halogens is 3. The summed E-state index contributed by atoms with van der Waals surface area (Å²) in [7, 11) is -4.05. The van der Waals surface area contributed by atoms with Crippen LogP contribution in [0.15, 0.2) is 69.8 Å². The average Bonchev–Trinajstić information content (AvgIpc) is 3.21. The van der Waals surface area contributed by atoms with Gasteiger partial charge in [-0.3, -0.25) is 4.79 Å². The first-order valence-corrected chi connectivity index (χ1v) is 12.6. The van der Waals surface area contributed by atoms with Crippen molar-refractivity contribution in [3.05, 3.63) is 76.0 Å². The van der Waals surface area contributed by atoms with Crippen molar-refractivity contribution in [2.24, 2.45) is 0 Å². The molecule has 0 radical (unpaired) electrons. The van der Waals surface area contributed by atoms with Crippen molar-refractivity contribution in [3.8, 4) is 5.75 Å². The predicted molar refractivity (Wildman–Crippen MR) is 118 cm³/mol. The molecule has 32 heavy (non-hydrogen) atoms. The van der Waals surface area contributed by atoms with E-state index in [9.17, 15) is 26.4 Å². The predicted octanol–water partition coefficient (Wildman–Crippen LogP) is 5.58. The van der Waals surface area contributed by atoms with Gasteiger partial charge in [0.15, 0.2) is 0 Å². The van der Waals surface area contributed by atoms with E-state index in [4.69, 9.17) is 4.74 Å². The zero-order chi connectivity index (χ0) is 23.4. The molecule has 0 fully saturated rings. The van der Waals surface area contributed by atoms with E-state index in [0.29, 0.717) is 16.2 Å². The first-order valence-electron chi connectivity index (χ1n) is 9.27. The van der Waals surface area contributed by atoms with Crippen LogP contribution in [-0.2, 0) is 22.0 Å². The van der Waals surface area contributed by atoms with Gasteiger partial charge < -0.3 is 4.74 Å². The molecule has 1 N–H and O–H groups in total. The zero-order valence-electron chi connectivity index (χ0n) is 16.7. The first-order chi connectivity index (χ1) is 15.1. The number of benzene rings is 2. The van der Waals surface area contributed by atoms with Crippen LogP contribution in [0, 0.1) is 0 Å². The van der Waals surface area contributed by atoms with Crippen LogP contribution < -0.4 is 9.46 Å². The molecule has 2 aromatic carbocycles. The fourth-order valence-electron chi connectivity index (χ4n) is 2.72. The number of alkyl halides is 3. The van der Waals surface area contributed by atoms with Crippen LogP contribution in [0.4, 0.5) is 13.2 Å². The van der Waals surface area contributed by atoms with E-state index in [1.807, 2.05) is 4.72 Å². The highest BCUT2D eigenvalue weighted by molar-refractivity contribution is 7.98. The van der Waals surface area contributed by atoms with Gasteiger partial charge in [0.25, 0.3) is 15.9 Å². The van der Waals surface area contributed by atoms with Gasteiger partial charge in [0.1, 0.15) is 10.6 Å². The van der Waals surface area contributed by atoms with Gasteiger partial charge in [-0.1, -0.05) is 18.2 Å². The minimum atomic E-state index is -4.50. The standard InChI is InChI=1S/C21H18F3NO4S3/c1-2-29-17-9-8-15(21(22,23)24)12-14(17)13-31-18-10-11-30-19(18)20(26)25-32(27,28)16-6-4-3-5-7-16/h3-12H,2,13H2,1H3,(H,25,26). The quantitative estimate of drug-likeness (QED) is 0.408.